The number of aryl methyl sites for hydroxylation is 1. The number of aromatic nitrogens is 2. The molecule has 1 aromatic rings. The van der Waals surface area contributed by atoms with Gasteiger partial charge in [0, 0.05) is 19.0 Å². The highest BCUT2D eigenvalue weighted by Gasteiger charge is 2.30. The van der Waals surface area contributed by atoms with E-state index in [0.717, 1.165) is 0 Å². The summed E-state index contributed by atoms with van der Waals surface area (Å²) in [7, 11) is 0. The Labute approximate surface area is 91.1 Å². The van der Waals surface area contributed by atoms with Gasteiger partial charge in [0.1, 0.15) is 11.6 Å². The molecule has 1 N–H and O–H groups in total. The van der Waals surface area contributed by atoms with Gasteiger partial charge >= 0.3 is 0 Å². The summed E-state index contributed by atoms with van der Waals surface area (Å²) in [5.74, 6) is 0.778. The van der Waals surface area contributed by atoms with Gasteiger partial charge < -0.3 is 4.98 Å². The lowest BCUT2D eigenvalue weighted by Gasteiger charge is -2.14. The topological polar surface area (TPSA) is 66.1 Å². The van der Waals surface area contributed by atoms with E-state index in [9.17, 15) is 9.59 Å². The average Bonchev–Trinajstić information content (AvgIpc) is 2.43. The lowest BCUT2D eigenvalue weighted by Crippen LogP contribution is -2.27. The molecule has 1 atom stereocenters. The van der Waals surface area contributed by atoms with Crippen LogP contribution in [-0.4, -0.2) is 27.8 Å². The van der Waals surface area contributed by atoms with Crippen molar-refractivity contribution in [2.75, 3.05) is 11.4 Å². The minimum Gasteiger partial charge on any atom is -0.311 e. The number of rotatable bonds is 1. The van der Waals surface area contributed by atoms with Gasteiger partial charge in [-0.2, -0.15) is 0 Å². The first kappa shape index (κ1) is 10.2. The minimum atomic E-state index is -0.261. The second-order valence-corrected chi connectivity index (χ2v) is 4.11. The highest BCUT2D eigenvalue weighted by atomic mass is 35.5. The number of hydrogen-bond acceptors (Lipinski definition) is 3. The van der Waals surface area contributed by atoms with Gasteiger partial charge in [-0.05, 0) is 6.92 Å². The van der Waals surface area contributed by atoms with Crippen LogP contribution in [0.4, 0.5) is 5.82 Å². The molecule has 1 amide bonds. The van der Waals surface area contributed by atoms with E-state index >= 15 is 0 Å². The van der Waals surface area contributed by atoms with Crippen molar-refractivity contribution in [2.45, 2.75) is 18.7 Å². The maximum absolute atomic E-state index is 11.5. The Bertz CT molecular complexity index is 457. The van der Waals surface area contributed by atoms with Crippen LogP contribution >= 0.6 is 11.6 Å². The Morgan fingerprint density at radius 1 is 1.60 bits per heavy atom. The Balaban J connectivity index is 2.37. The van der Waals surface area contributed by atoms with E-state index in [2.05, 4.69) is 9.97 Å². The standard InChI is InChI=1S/C9H10ClN3O2/c1-5-11-7(3-8(14)12-5)13-4-6(10)2-9(13)15/h3,6H,2,4H2,1H3,(H,11,12,14). The lowest BCUT2D eigenvalue weighted by atomic mass is 10.4. The zero-order valence-corrected chi connectivity index (χ0v) is 8.91. The van der Waals surface area contributed by atoms with Crippen LogP contribution in [0.1, 0.15) is 12.2 Å². The van der Waals surface area contributed by atoms with Crippen molar-refractivity contribution >= 4 is 23.3 Å². The van der Waals surface area contributed by atoms with E-state index in [0.29, 0.717) is 24.6 Å². The molecule has 1 aromatic heterocycles. The van der Waals surface area contributed by atoms with Gasteiger partial charge in [0.2, 0.25) is 5.91 Å². The molecule has 1 aliphatic rings. The van der Waals surface area contributed by atoms with Crippen molar-refractivity contribution in [2.24, 2.45) is 0 Å². The van der Waals surface area contributed by atoms with Gasteiger partial charge in [-0.15, -0.1) is 11.6 Å². The number of aromatic amines is 1. The zero-order chi connectivity index (χ0) is 11.0. The fourth-order valence-corrected chi connectivity index (χ4v) is 1.86. The molecule has 2 heterocycles. The fraction of sp³-hybridized carbons (Fsp3) is 0.444. The zero-order valence-electron chi connectivity index (χ0n) is 8.16. The molecule has 2 rings (SSSR count). The molecule has 1 unspecified atom stereocenters. The van der Waals surface area contributed by atoms with Gasteiger partial charge in [0.05, 0.1) is 5.38 Å². The largest absolute Gasteiger partial charge is 0.311 e. The van der Waals surface area contributed by atoms with Crippen LogP contribution in [0.3, 0.4) is 0 Å². The van der Waals surface area contributed by atoms with Crippen molar-refractivity contribution in [1.29, 1.82) is 0 Å². The summed E-state index contributed by atoms with van der Waals surface area (Å²) in [6, 6.07) is 1.31. The summed E-state index contributed by atoms with van der Waals surface area (Å²) < 4.78 is 0. The molecule has 5 nitrogen and oxygen atoms in total. The Morgan fingerprint density at radius 2 is 2.33 bits per heavy atom. The SMILES string of the molecule is Cc1nc(N2CC(Cl)CC2=O)cc(=O)[nH]1. The molecule has 0 radical (unpaired) electrons. The van der Waals surface area contributed by atoms with Crippen molar-refractivity contribution in [3.05, 3.63) is 22.2 Å². The number of hydrogen-bond donors (Lipinski definition) is 1. The van der Waals surface area contributed by atoms with Gasteiger partial charge in [0.15, 0.2) is 0 Å². The highest BCUT2D eigenvalue weighted by Crippen LogP contribution is 2.21. The number of nitrogens with one attached hydrogen (secondary N) is 1. The van der Waals surface area contributed by atoms with E-state index in [-0.39, 0.29) is 16.8 Å². The Hall–Kier alpha value is -1.36. The fourth-order valence-electron chi connectivity index (χ4n) is 1.59. The summed E-state index contributed by atoms with van der Waals surface area (Å²) in [6.45, 7) is 2.08. The number of alkyl halides is 1. The smallest absolute Gasteiger partial charge is 0.252 e. The number of H-pyrrole nitrogens is 1. The molecule has 0 aliphatic carbocycles. The van der Waals surface area contributed by atoms with E-state index in [1.807, 2.05) is 0 Å². The third-order valence-corrected chi connectivity index (χ3v) is 2.49. The summed E-state index contributed by atoms with van der Waals surface area (Å²) >= 11 is 5.86. The van der Waals surface area contributed by atoms with Crippen molar-refractivity contribution in [1.82, 2.24) is 9.97 Å². The molecule has 1 saturated heterocycles. The summed E-state index contributed by atoms with van der Waals surface area (Å²) in [5, 5.41) is -0.195. The molecular formula is C9H10ClN3O2. The minimum absolute atomic E-state index is 0.0903. The molecule has 0 aromatic carbocycles. The first-order chi connectivity index (χ1) is 7.06. The molecular weight excluding hydrogens is 218 g/mol. The van der Waals surface area contributed by atoms with Crippen LogP contribution in [-0.2, 0) is 4.79 Å². The molecule has 0 spiro atoms. The number of nitrogens with zero attached hydrogens (tertiary/aromatic N) is 2. The highest BCUT2D eigenvalue weighted by molar-refractivity contribution is 6.24. The summed E-state index contributed by atoms with van der Waals surface area (Å²) in [5.41, 5.74) is -0.261. The molecule has 1 aliphatic heterocycles. The number of halogens is 1. The number of carbonyl (C=O) groups is 1. The van der Waals surface area contributed by atoms with Crippen LogP contribution in [0.15, 0.2) is 10.9 Å². The van der Waals surface area contributed by atoms with Crippen LogP contribution in [0, 0.1) is 6.92 Å². The van der Waals surface area contributed by atoms with Gasteiger partial charge in [-0.3, -0.25) is 14.5 Å². The number of carbonyl (C=O) groups excluding carboxylic acids is 1. The maximum atomic E-state index is 11.5. The first-order valence-electron chi connectivity index (χ1n) is 4.58. The van der Waals surface area contributed by atoms with Gasteiger partial charge in [-0.1, -0.05) is 0 Å². The number of anilines is 1. The summed E-state index contributed by atoms with van der Waals surface area (Å²) in [4.78, 5) is 30.7. The molecule has 0 saturated carbocycles. The van der Waals surface area contributed by atoms with Crippen LogP contribution in [0.2, 0.25) is 0 Å². The molecule has 0 bridgehead atoms. The van der Waals surface area contributed by atoms with Gasteiger partial charge in [0.25, 0.3) is 5.56 Å². The third kappa shape index (κ3) is 2.02. The second kappa shape index (κ2) is 3.66. The van der Waals surface area contributed by atoms with E-state index in [4.69, 9.17) is 11.6 Å². The number of amides is 1. The Kier molecular flexibility index (Phi) is 2.48. The lowest BCUT2D eigenvalue weighted by molar-refractivity contribution is -0.117. The van der Waals surface area contributed by atoms with E-state index in [1.54, 1.807) is 6.92 Å². The molecule has 6 heteroatoms. The summed E-state index contributed by atoms with van der Waals surface area (Å²) in [6.07, 6.45) is 0.301. The van der Waals surface area contributed by atoms with E-state index in [1.165, 1.54) is 11.0 Å². The van der Waals surface area contributed by atoms with Crippen molar-refractivity contribution in [3.8, 4) is 0 Å². The van der Waals surface area contributed by atoms with Crippen LogP contribution in [0.25, 0.3) is 0 Å². The molecule has 80 valence electrons. The Morgan fingerprint density at radius 3 is 2.87 bits per heavy atom. The molecule has 15 heavy (non-hydrogen) atoms. The predicted octanol–water partition coefficient (Wildman–Crippen LogP) is 0.422. The van der Waals surface area contributed by atoms with Gasteiger partial charge in [-0.25, -0.2) is 4.98 Å². The van der Waals surface area contributed by atoms with E-state index < -0.39 is 0 Å². The quantitative estimate of drug-likeness (QED) is 0.708. The third-order valence-electron chi connectivity index (χ3n) is 2.20. The maximum Gasteiger partial charge on any atom is 0.252 e. The monoisotopic (exact) mass is 227 g/mol. The molecule has 1 fully saturated rings. The predicted molar refractivity (Wildman–Crippen MR) is 56.2 cm³/mol. The normalized spacial score (nSPS) is 21.1. The second-order valence-electron chi connectivity index (χ2n) is 3.49. The first-order valence-corrected chi connectivity index (χ1v) is 5.02. The average molecular weight is 228 g/mol. The van der Waals surface area contributed by atoms with Crippen molar-refractivity contribution < 1.29 is 4.79 Å². The van der Waals surface area contributed by atoms with Crippen LogP contribution < -0.4 is 10.5 Å². The van der Waals surface area contributed by atoms with Crippen LogP contribution in [0.5, 0.6) is 0 Å². The van der Waals surface area contributed by atoms with Crippen molar-refractivity contribution in [3.63, 3.8) is 0 Å².